The molecule has 0 fully saturated rings. The maximum Gasteiger partial charge on any atom is 0.262 e. The second-order valence-electron chi connectivity index (χ2n) is 7.61. The van der Waals surface area contributed by atoms with Gasteiger partial charge in [0.15, 0.2) is 5.16 Å². The van der Waals surface area contributed by atoms with Gasteiger partial charge in [-0.05, 0) is 46.9 Å². The average molecular weight is 419 g/mol. The van der Waals surface area contributed by atoms with Crippen molar-refractivity contribution in [3.63, 3.8) is 0 Å². The van der Waals surface area contributed by atoms with Crippen LogP contribution >= 0.6 is 11.8 Å². The highest BCUT2D eigenvalue weighted by molar-refractivity contribution is 7.98. The number of hydrogen-bond acceptors (Lipinski definition) is 3. The molecule has 0 N–H and O–H groups in total. The van der Waals surface area contributed by atoms with Crippen LogP contribution in [0.1, 0.15) is 36.5 Å². The van der Waals surface area contributed by atoms with E-state index in [4.69, 9.17) is 4.98 Å². The number of fused-ring (bicyclic) bond motifs is 1. The minimum absolute atomic E-state index is 0.0809. The van der Waals surface area contributed by atoms with E-state index in [1.54, 1.807) is 34.5 Å². The Balaban J connectivity index is 1.68. The van der Waals surface area contributed by atoms with Gasteiger partial charge in [-0.2, -0.15) is 0 Å². The Labute approximate surface area is 179 Å². The lowest BCUT2D eigenvalue weighted by Gasteiger charge is -2.14. The lowest BCUT2D eigenvalue weighted by Crippen LogP contribution is -2.24. The Bertz CT molecular complexity index is 1210. The molecule has 5 heteroatoms. The molecule has 0 saturated heterocycles. The molecule has 0 saturated carbocycles. The van der Waals surface area contributed by atoms with Gasteiger partial charge in [0.05, 0.1) is 17.4 Å². The first kappa shape index (κ1) is 20.4. The monoisotopic (exact) mass is 418 g/mol. The number of benzene rings is 3. The minimum Gasteiger partial charge on any atom is -0.283 e. The topological polar surface area (TPSA) is 34.9 Å². The largest absolute Gasteiger partial charge is 0.283 e. The summed E-state index contributed by atoms with van der Waals surface area (Å²) in [4.78, 5) is 17.9. The zero-order valence-electron chi connectivity index (χ0n) is 17.0. The Kier molecular flexibility index (Phi) is 6.00. The molecule has 0 bridgehead atoms. The van der Waals surface area contributed by atoms with Crippen molar-refractivity contribution in [2.45, 2.75) is 37.2 Å². The minimum atomic E-state index is -0.290. The molecule has 0 radical (unpaired) electrons. The molecule has 1 heterocycles. The van der Waals surface area contributed by atoms with Crippen molar-refractivity contribution < 1.29 is 4.39 Å². The first-order chi connectivity index (χ1) is 14.5. The third-order valence-corrected chi connectivity index (χ3v) is 6.14. The smallest absolute Gasteiger partial charge is 0.262 e. The maximum atomic E-state index is 13.3. The predicted molar refractivity (Wildman–Crippen MR) is 122 cm³/mol. The Morgan fingerprint density at radius 2 is 1.60 bits per heavy atom. The fourth-order valence-electron chi connectivity index (χ4n) is 3.32. The Morgan fingerprint density at radius 1 is 0.933 bits per heavy atom. The van der Waals surface area contributed by atoms with Gasteiger partial charge < -0.3 is 0 Å². The second-order valence-corrected chi connectivity index (χ2v) is 8.56. The van der Waals surface area contributed by atoms with Crippen molar-refractivity contribution in [2.75, 3.05) is 0 Å². The predicted octanol–water partition coefficient (Wildman–Crippen LogP) is 6.00. The number of halogens is 1. The summed E-state index contributed by atoms with van der Waals surface area (Å²) >= 11 is 1.54. The third kappa shape index (κ3) is 4.46. The molecule has 4 rings (SSSR count). The standard InChI is InChI=1S/C25H23FN2OS/c1-17(2)20-11-7-19(8-12-20)16-30-25-27-23-6-4-3-5-22(23)24(29)28(25)15-18-9-13-21(26)14-10-18/h3-14,17H,15-16H2,1-2H3. The van der Waals surface area contributed by atoms with Gasteiger partial charge in [0.25, 0.3) is 5.56 Å². The first-order valence-corrected chi connectivity index (χ1v) is 11.0. The van der Waals surface area contributed by atoms with Gasteiger partial charge in [0.1, 0.15) is 5.82 Å². The van der Waals surface area contributed by atoms with Crippen molar-refractivity contribution in [2.24, 2.45) is 0 Å². The van der Waals surface area contributed by atoms with Crippen molar-refractivity contribution in [3.8, 4) is 0 Å². The van der Waals surface area contributed by atoms with Crippen LogP contribution in [-0.4, -0.2) is 9.55 Å². The number of nitrogens with zero attached hydrogens (tertiary/aromatic N) is 2. The molecule has 3 aromatic carbocycles. The molecule has 0 aliphatic rings. The van der Waals surface area contributed by atoms with Gasteiger partial charge in [0.2, 0.25) is 0 Å². The molecule has 152 valence electrons. The first-order valence-electron chi connectivity index (χ1n) is 9.97. The van der Waals surface area contributed by atoms with Crippen LogP contribution in [-0.2, 0) is 12.3 Å². The quantitative estimate of drug-likeness (QED) is 0.285. The summed E-state index contributed by atoms with van der Waals surface area (Å²) < 4.78 is 15.0. The molecule has 0 aliphatic heterocycles. The van der Waals surface area contributed by atoms with E-state index in [0.29, 0.717) is 34.3 Å². The summed E-state index contributed by atoms with van der Waals surface area (Å²) in [5, 5.41) is 1.25. The molecule has 0 amide bonds. The van der Waals surface area contributed by atoms with Crippen molar-refractivity contribution in [1.82, 2.24) is 9.55 Å². The van der Waals surface area contributed by atoms with Crippen molar-refractivity contribution in [3.05, 3.63) is 106 Å². The molecule has 4 aromatic rings. The molecule has 30 heavy (non-hydrogen) atoms. The summed E-state index contributed by atoms with van der Waals surface area (Å²) in [5.41, 5.74) is 3.96. The SMILES string of the molecule is CC(C)c1ccc(CSc2nc3ccccc3c(=O)n2Cc2ccc(F)cc2)cc1. The molecule has 0 spiro atoms. The molecule has 0 unspecified atom stereocenters. The number of para-hydroxylation sites is 1. The Hall–Kier alpha value is -2.92. The maximum absolute atomic E-state index is 13.3. The van der Waals surface area contributed by atoms with E-state index in [0.717, 1.165) is 5.56 Å². The zero-order chi connectivity index (χ0) is 21.1. The van der Waals surface area contributed by atoms with Crippen LogP contribution in [0.3, 0.4) is 0 Å². The Morgan fingerprint density at radius 3 is 2.30 bits per heavy atom. The van der Waals surface area contributed by atoms with Crippen LogP contribution in [0.25, 0.3) is 10.9 Å². The molecule has 0 atom stereocenters. The highest BCUT2D eigenvalue weighted by atomic mass is 32.2. The summed E-state index contributed by atoms with van der Waals surface area (Å²) in [6.07, 6.45) is 0. The molecule has 0 aliphatic carbocycles. The molecule has 3 nitrogen and oxygen atoms in total. The van der Waals surface area contributed by atoms with E-state index in [9.17, 15) is 9.18 Å². The summed E-state index contributed by atoms with van der Waals surface area (Å²) in [7, 11) is 0. The van der Waals surface area contributed by atoms with E-state index >= 15 is 0 Å². The van der Waals surface area contributed by atoms with E-state index in [1.807, 2.05) is 18.2 Å². The van der Waals surface area contributed by atoms with Crippen LogP contribution in [0.2, 0.25) is 0 Å². The van der Waals surface area contributed by atoms with Gasteiger partial charge in [-0.3, -0.25) is 9.36 Å². The van der Waals surface area contributed by atoms with Crippen LogP contribution in [0, 0.1) is 5.82 Å². The summed E-state index contributed by atoms with van der Waals surface area (Å²) in [6, 6.07) is 22.2. The van der Waals surface area contributed by atoms with E-state index in [-0.39, 0.29) is 11.4 Å². The summed E-state index contributed by atoms with van der Waals surface area (Å²) in [6.45, 7) is 4.71. The number of rotatable bonds is 6. The third-order valence-electron chi connectivity index (χ3n) is 5.09. The molecular formula is C25H23FN2OS. The van der Waals surface area contributed by atoms with Gasteiger partial charge in [-0.1, -0.05) is 74.1 Å². The zero-order valence-corrected chi connectivity index (χ0v) is 17.8. The highest BCUT2D eigenvalue weighted by Gasteiger charge is 2.12. The van der Waals surface area contributed by atoms with Crippen molar-refractivity contribution in [1.29, 1.82) is 0 Å². The fourth-order valence-corrected chi connectivity index (χ4v) is 4.27. The highest BCUT2D eigenvalue weighted by Crippen LogP contribution is 2.24. The van der Waals surface area contributed by atoms with E-state index in [1.165, 1.54) is 23.3 Å². The lowest BCUT2D eigenvalue weighted by atomic mass is 10.0. The fraction of sp³-hybridized carbons (Fsp3) is 0.200. The number of hydrogen-bond donors (Lipinski definition) is 0. The van der Waals surface area contributed by atoms with E-state index < -0.39 is 0 Å². The van der Waals surface area contributed by atoms with Crippen LogP contribution < -0.4 is 5.56 Å². The molecule has 1 aromatic heterocycles. The van der Waals surface area contributed by atoms with Crippen LogP contribution in [0.5, 0.6) is 0 Å². The van der Waals surface area contributed by atoms with Crippen LogP contribution in [0.4, 0.5) is 4.39 Å². The second kappa shape index (κ2) is 8.84. The number of aromatic nitrogens is 2. The molecular weight excluding hydrogens is 395 g/mol. The van der Waals surface area contributed by atoms with Gasteiger partial charge in [-0.15, -0.1) is 0 Å². The van der Waals surface area contributed by atoms with Crippen LogP contribution in [0.15, 0.2) is 82.7 Å². The lowest BCUT2D eigenvalue weighted by molar-refractivity contribution is 0.622. The van der Waals surface area contributed by atoms with Crippen molar-refractivity contribution >= 4 is 22.7 Å². The number of thioether (sulfide) groups is 1. The van der Waals surface area contributed by atoms with E-state index in [2.05, 4.69) is 38.1 Å². The van der Waals surface area contributed by atoms with Gasteiger partial charge >= 0.3 is 0 Å². The average Bonchev–Trinajstić information content (AvgIpc) is 2.76. The normalized spacial score (nSPS) is 11.3. The summed E-state index contributed by atoms with van der Waals surface area (Å²) in [5.74, 6) is 0.920. The van der Waals surface area contributed by atoms with Gasteiger partial charge in [0, 0.05) is 5.75 Å². The van der Waals surface area contributed by atoms with Gasteiger partial charge in [-0.25, -0.2) is 9.37 Å².